The van der Waals surface area contributed by atoms with Gasteiger partial charge in [0.2, 0.25) is 0 Å². The molecule has 2 heterocycles. The predicted molar refractivity (Wildman–Crippen MR) is 104 cm³/mol. The fourth-order valence-corrected chi connectivity index (χ4v) is 5.04. The van der Waals surface area contributed by atoms with E-state index >= 15 is 0 Å². The van der Waals surface area contributed by atoms with E-state index in [2.05, 4.69) is 18.9 Å². The van der Waals surface area contributed by atoms with Crippen LogP contribution in [0.5, 0.6) is 0 Å². The van der Waals surface area contributed by atoms with Crippen LogP contribution in [-0.4, -0.2) is 9.55 Å². The van der Waals surface area contributed by atoms with Gasteiger partial charge < -0.3 is 0 Å². The van der Waals surface area contributed by atoms with Gasteiger partial charge in [-0.2, -0.15) is 0 Å². The highest BCUT2D eigenvalue weighted by atomic mass is 32.1. The molecular formula is C21H20N2OS. The lowest BCUT2D eigenvalue weighted by molar-refractivity contribution is 0.509. The van der Waals surface area contributed by atoms with E-state index < -0.39 is 0 Å². The smallest absolute Gasteiger partial charge is 0.263 e. The summed E-state index contributed by atoms with van der Waals surface area (Å²) in [5, 5.41) is 0.790. The Kier molecular flexibility index (Phi) is 3.97. The summed E-state index contributed by atoms with van der Waals surface area (Å²) in [6.45, 7) is 4.55. The van der Waals surface area contributed by atoms with Crippen LogP contribution in [0.15, 0.2) is 29.1 Å². The van der Waals surface area contributed by atoms with E-state index in [0.29, 0.717) is 11.7 Å². The van der Waals surface area contributed by atoms with E-state index in [0.717, 1.165) is 40.6 Å². The number of fused-ring (bicyclic) bond motifs is 3. The molecule has 2 aromatic heterocycles. The Labute approximate surface area is 151 Å². The van der Waals surface area contributed by atoms with Crippen LogP contribution in [0.3, 0.4) is 0 Å². The molecule has 1 aromatic carbocycles. The average molecular weight is 348 g/mol. The summed E-state index contributed by atoms with van der Waals surface area (Å²) in [5.74, 6) is 3.96. The molecular weight excluding hydrogens is 328 g/mol. The quantitative estimate of drug-likeness (QED) is 0.651. The molecule has 3 aromatic rings. The van der Waals surface area contributed by atoms with E-state index in [9.17, 15) is 4.79 Å². The largest absolute Gasteiger partial charge is 0.280 e. The third-order valence-electron chi connectivity index (χ3n) is 4.94. The van der Waals surface area contributed by atoms with Crippen LogP contribution < -0.4 is 5.56 Å². The zero-order valence-corrected chi connectivity index (χ0v) is 15.3. The number of hydrogen-bond donors (Lipinski definition) is 0. The second kappa shape index (κ2) is 6.16. The van der Waals surface area contributed by atoms with Gasteiger partial charge in [0.15, 0.2) is 0 Å². The molecule has 1 atom stereocenters. The van der Waals surface area contributed by atoms with Crippen LogP contribution in [-0.2, 0) is 19.4 Å². The highest BCUT2D eigenvalue weighted by molar-refractivity contribution is 7.18. The molecule has 4 rings (SSSR count). The van der Waals surface area contributed by atoms with Gasteiger partial charge in [-0.05, 0) is 43.7 Å². The minimum absolute atomic E-state index is 0.00603. The molecule has 25 heavy (non-hydrogen) atoms. The molecule has 0 saturated heterocycles. The molecule has 1 aliphatic rings. The molecule has 3 nitrogen and oxygen atoms in total. The first-order valence-electron chi connectivity index (χ1n) is 8.64. The summed E-state index contributed by atoms with van der Waals surface area (Å²) < 4.78 is 1.65. The Morgan fingerprint density at radius 2 is 2.28 bits per heavy atom. The molecule has 4 heteroatoms. The van der Waals surface area contributed by atoms with Gasteiger partial charge in [-0.1, -0.05) is 36.6 Å². The SMILES string of the molecule is C#CCn1c(-c2cccc(C)c2)nc2sc3c(c2c1=O)CCC(C)C3. The van der Waals surface area contributed by atoms with Gasteiger partial charge >= 0.3 is 0 Å². The lowest BCUT2D eigenvalue weighted by Crippen LogP contribution is -2.24. The van der Waals surface area contributed by atoms with Gasteiger partial charge in [-0.25, -0.2) is 4.98 Å². The lowest BCUT2D eigenvalue weighted by atomic mass is 9.89. The molecule has 0 bridgehead atoms. The first kappa shape index (κ1) is 16.1. The van der Waals surface area contributed by atoms with Crippen LogP contribution in [0.1, 0.15) is 29.3 Å². The molecule has 0 aliphatic heterocycles. The highest BCUT2D eigenvalue weighted by Crippen LogP contribution is 2.36. The summed E-state index contributed by atoms with van der Waals surface area (Å²) >= 11 is 1.68. The Balaban J connectivity index is 2.02. The van der Waals surface area contributed by atoms with Crippen molar-refractivity contribution in [3.05, 3.63) is 50.6 Å². The maximum absolute atomic E-state index is 13.2. The van der Waals surface area contributed by atoms with Crippen LogP contribution in [0.4, 0.5) is 0 Å². The van der Waals surface area contributed by atoms with Gasteiger partial charge in [0.1, 0.15) is 10.7 Å². The second-order valence-corrected chi connectivity index (χ2v) is 8.02. The van der Waals surface area contributed by atoms with E-state index in [1.54, 1.807) is 15.9 Å². The van der Waals surface area contributed by atoms with Crippen molar-refractivity contribution in [1.82, 2.24) is 9.55 Å². The second-order valence-electron chi connectivity index (χ2n) is 6.93. The summed E-state index contributed by atoms with van der Waals surface area (Å²) in [6, 6.07) is 8.07. The molecule has 0 saturated carbocycles. The summed E-state index contributed by atoms with van der Waals surface area (Å²) in [4.78, 5) is 20.3. The molecule has 1 unspecified atom stereocenters. The maximum Gasteiger partial charge on any atom is 0.263 e. The van der Waals surface area contributed by atoms with Crippen molar-refractivity contribution in [1.29, 1.82) is 0 Å². The minimum atomic E-state index is 0.00603. The van der Waals surface area contributed by atoms with Crippen molar-refractivity contribution >= 4 is 21.6 Å². The third kappa shape index (κ3) is 2.69. The lowest BCUT2D eigenvalue weighted by Gasteiger charge is -2.17. The monoisotopic (exact) mass is 348 g/mol. The Morgan fingerprint density at radius 3 is 3.04 bits per heavy atom. The van der Waals surface area contributed by atoms with Crippen LogP contribution in [0.25, 0.3) is 21.6 Å². The first-order chi connectivity index (χ1) is 12.1. The molecule has 0 radical (unpaired) electrons. The molecule has 126 valence electrons. The van der Waals surface area contributed by atoms with Crippen molar-refractivity contribution in [2.24, 2.45) is 5.92 Å². The van der Waals surface area contributed by atoms with Gasteiger partial charge in [-0.15, -0.1) is 17.8 Å². The number of nitrogens with zero attached hydrogens (tertiary/aromatic N) is 2. The van der Waals surface area contributed by atoms with Gasteiger partial charge in [0, 0.05) is 10.4 Å². The Bertz CT molecular complexity index is 1070. The maximum atomic E-state index is 13.2. The summed E-state index contributed by atoms with van der Waals surface area (Å²) in [6.07, 6.45) is 8.69. The van der Waals surface area contributed by atoms with Crippen LogP contribution in [0, 0.1) is 25.2 Å². The number of thiophene rings is 1. The van der Waals surface area contributed by atoms with Crippen molar-refractivity contribution in [2.45, 2.75) is 39.7 Å². The fraction of sp³-hybridized carbons (Fsp3) is 0.333. The number of rotatable bonds is 2. The summed E-state index contributed by atoms with van der Waals surface area (Å²) in [7, 11) is 0. The van der Waals surface area contributed by atoms with E-state index in [4.69, 9.17) is 11.4 Å². The number of aromatic nitrogens is 2. The molecule has 1 aliphatic carbocycles. The van der Waals surface area contributed by atoms with Gasteiger partial charge in [0.05, 0.1) is 11.9 Å². The zero-order valence-electron chi connectivity index (χ0n) is 14.5. The average Bonchev–Trinajstić information content (AvgIpc) is 2.94. The van der Waals surface area contributed by atoms with Crippen molar-refractivity contribution in [3.8, 4) is 23.7 Å². The number of hydrogen-bond acceptors (Lipinski definition) is 3. The topological polar surface area (TPSA) is 34.9 Å². The van der Waals surface area contributed by atoms with Crippen molar-refractivity contribution in [3.63, 3.8) is 0 Å². The van der Waals surface area contributed by atoms with Gasteiger partial charge in [-0.3, -0.25) is 9.36 Å². The number of benzene rings is 1. The highest BCUT2D eigenvalue weighted by Gasteiger charge is 2.24. The number of terminal acetylenes is 1. The third-order valence-corrected chi connectivity index (χ3v) is 6.09. The Morgan fingerprint density at radius 1 is 1.44 bits per heavy atom. The molecule has 0 spiro atoms. The minimum Gasteiger partial charge on any atom is -0.280 e. The Hall–Kier alpha value is -2.38. The van der Waals surface area contributed by atoms with Crippen LogP contribution >= 0.6 is 11.3 Å². The number of aryl methyl sites for hydroxylation is 2. The van der Waals surface area contributed by atoms with Crippen LogP contribution in [0.2, 0.25) is 0 Å². The van der Waals surface area contributed by atoms with E-state index in [-0.39, 0.29) is 12.1 Å². The van der Waals surface area contributed by atoms with E-state index in [1.165, 1.54) is 10.4 Å². The molecule has 0 fully saturated rings. The van der Waals surface area contributed by atoms with Crippen molar-refractivity contribution in [2.75, 3.05) is 0 Å². The van der Waals surface area contributed by atoms with Gasteiger partial charge in [0.25, 0.3) is 5.56 Å². The standard InChI is InChI=1S/C21H20N2OS/c1-4-10-23-19(15-7-5-6-13(2)11-15)22-20-18(21(23)24)16-9-8-14(3)12-17(16)25-20/h1,5-7,11,14H,8-10,12H2,2-3H3. The van der Waals surface area contributed by atoms with Crippen molar-refractivity contribution < 1.29 is 0 Å². The normalized spacial score (nSPS) is 16.6. The molecule has 0 amide bonds. The zero-order chi connectivity index (χ0) is 17.6. The van der Waals surface area contributed by atoms with E-state index in [1.807, 2.05) is 25.1 Å². The molecule has 0 N–H and O–H groups in total. The summed E-state index contributed by atoms with van der Waals surface area (Å²) in [5.41, 5.74) is 3.29. The first-order valence-corrected chi connectivity index (χ1v) is 9.45. The fourth-order valence-electron chi connectivity index (χ4n) is 3.67. The predicted octanol–water partition coefficient (Wildman–Crippen LogP) is 4.19.